The predicted octanol–water partition coefficient (Wildman–Crippen LogP) is 7.57. The molecule has 0 saturated heterocycles. The average molecular weight is 1010 g/mol. The van der Waals surface area contributed by atoms with Crippen molar-refractivity contribution in [2.45, 2.75) is 0 Å². The van der Waals surface area contributed by atoms with E-state index in [2.05, 4.69) is 49.4 Å². The van der Waals surface area contributed by atoms with Gasteiger partial charge in [-0.2, -0.15) is 40.1 Å². The smallest absolute Gasteiger partial charge is 0.327 e. The fraction of sp³-hybridized carbons (Fsp3) is 0. The van der Waals surface area contributed by atoms with Crippen molar-refractivity contribution in [3.05, 3.63) is 207 Å². The number of fused-ring (bicyclic) bond motifs is 3. The third-order valence-electron chi connectivity index (χ3n) is 10.3. The van der Waals surface area contributed by atoms with Gasteiger partial charge in [0.2, 0.25) is 0 Å². The fourth-order valence-electron chi connectivity index (χ4n) is 7.47. The summed E-state index contributed by atoms with van der Waals surface area (Å²) in [5.41, 5.74) is 4.03. The molecule has 0 fully saturated rings. The van der Waals surface area contributed by atoms with Crippen LogP contribution in [0.15, 0.2) is 183 Å². The van der Waals surface area contributed by atoms with Gasteiger partial charge in [-0.05, 0) is 23.5 Å². The van der Waals surface area contributed by atoms with E-state index in [4.69, 9.17) is 0 Å². The summed E-state index contributed by atoms with van der Waals surface area (Å²) in [6, 6.07) is 63.2. The van der Waals surface area contributed by atoms with E-state index < -0.39 is 14.3 Å². The molecule has 2 unspecified atom stereocenters. The van der Waals surface area contributed by atoms with E-state index in [9.17, 15) is 0 Å². The molecule has 2 atom stereocenters. The van der Waals surface area contributed by atoms with Gasteiger partial charge in [-0.25, -0.2) is 4.98 Å². The van der Waals surface area contributed by atoms with Gasteiger partial charge in [0, 0.05) is 23.0 Å². The van der Waals surface area contributed by atoms with Crippen LogP contribution in [0.3, 0.4) is 0 Å². The summed E-state index contributed by atoms with van der Waals surface area (Å²) in [7, 11) is -7.20. The zero-order valence-corrected chi connectivity index (χ0v) is 36.7. The van der Waals surface area contributed by atoms with Gasteiger partial charge >= 0.3 is 40.8 Å². The molecule has 61 heavy (non-hydrogen) atoms. The maximum absolute atomic E-state index is 15.9. The number of hydrogen-bond acceptors (Lipinski definition) is 7. The molecule has 298 valence electrons. The molecule has 8 nitrogen and oxygen atoms in total. The van der Waals surface area contributed by atoms with Crippen LogP contribution in [0, 0.1) is 24.3 Å². The van der Waals surface area contributed by atoms with Crippen LogP contribution in [0.25, 0.3) is 50.3 Å². The molecule has 10 rings (SSSR count). The van der Waals surface area contributed by atoms with Crippen LogP contribution in [0.1, 0.15) is 0 Å². The number of rotatable bonds is 9. The standard InChI is InChI=1S/C49H30N6O2P2.2Pd/c56-58(37-15-3-1-4-16-37,39-19-11-13-35(31-39)45-21-7-9-27-50-45)41-23-25-43-44-26-24-42(34-48(44)55(47(43)33-41)49-52-29-30-53-54-49)59(57,38-17-5-2-6-18-38)40-20-12-14-36(32-40)46-22-8-10-28-51-46;;/h1-30H;;/q-4;2*+2. The Bertz CT molecular complexity index is 3040. The summed E-state index contributed by atoms with van der Waals surface area (Å²) in [6.45, 7) is 0. The molecule has 0 bridgehead atoms. The van der Waals surface area contributed by atoms with E-state index >= 15 is 9.13 Å². The molecule has 0 aliphatic rings. The van der Waals surface area contributed by atoms with Crippen molar-refractivity contribution in [3.63, 3.8) is 0 Å². The first-order chi connectivity index (χ1) is 29.0. The molecule has 10 aromatic rings. The largest absolute Gasteiger partial charge is 2.00 e. The van der Waals surface area contributed by atoms with Crippen LogP contribution in [-0.2, 0) is 50.0 Å². The van der Waals surface area contributed by atoms with E-state index in [-0.39, 0.29) is 46.8 Å². The van der Waals surface area contributed by atoms with Crippen molar-refractivity contribution in [3.8, 4) is 28.5 Å². The Morgan fingerprint density at radius 1 is 0.410 bits per heavy atom. The van der Waals surface area contributed by atoms with Crippen LogP contribution < -0.4 is 31.8 Å². The van der Waals surface area contributed by atoms with Crippen molar-refractivity contribution in [2.24, 2.45) is 0 Å². The third kappa shape index (κ3) is 7.52. The first kappa shape index (κ1) is 41.9. The zero-order valence-electron chi connectivity index (χ0n) is 31.8. The van der Waals surface area contributed by atoms with Crippen molar-refractivity contribution < 1.29 is 50.0 Å². The molecule has 4 heterocycles. The van der Waals surface area contributed by atoms with Crippen LogP contribution >= 0.6 is 14.3 Å². The SMILES string of the molecule is O=P(c1[c-]c(-c2ccccn2)ccc1)(c1[c-]c2c(cc1)c1ccc(P(=O)(c3[c-]c(-c4ccccn4)ccc3)c3ccccc3)[c-]c1n2-c1nccnn1)c1ccccc1.[Pd+2].[Pd+2]. The van der Waals surface area contributed by atoms with Crippen LogP contribution in [-0.4, -0.2) is 29.7 Å². The second kappa shape index (κ2) is 17.7. The Hall–Kier alpha value is -5.79. The van der Waals surface area contributed by atoms with Crippen LogP contribution in [0.5, 0.6) is 0 Å². The van der Waals surface area contributed by atoms with Gasteiger partial charge in [-0.15, -0.1) is 76.9 Å². The monoisotopic (exact) mass is 1010 g/mol. The van der Waals surface area contributed by atoms with Gasteiger partial charge < -0.3 is 23.7 Å². The van der Waals surface area contributed by atoms with Crippen molar-refractivity contribution >= 4 is 67.9 Å². The summed E-state index contributed by atoms with van der Waals surface area (Å²) >= 11 is 0. The van der Waals surface area contributed by atoms with Gasteiger partial charge in [0.05, 0.1) is 12.4 Å². The predicted molar refractivity (Wildman–Crippen MR) is 235 cm³/mol. The fourth-order valence-corrected chi connectivity index (χ4v) is 12.5. The first-order valence-corrected chi connectivity index (χ1v) is 22.2. The Kier molecular flexibility index (Phi) is 12.1. The van der Waals surface area contributed by atoms with Crippen LogP contribution in [0.4, 0.5) is 0 Å². The topological polar surface area (TPSA) is 104 Å². The number of hydrogen-bond donors (Lipinski definition) is 0. The van der Waals surface area contributed by atoms with Gasteiger partial charge in [0.15, 0.2) is 0 Å². The summed E-state index contributed by atoms with van der Waals surface area (Å²) in [6.07, 6.45) is 6.52. The number of aromatic nitrogens is 6. The first-order valence-electron chi connectivity index (χ1n) is 18.8. The van der Waals surface area contributed by atoms with Gasteiger partial charge in [0.25, 0.3) is 5.95 Å². The molecule has 0 spiro atoms. The molecule has 0 radical (unpaired) electrons. The maximum atomic E-state index is 15.9. The van der Waals surface area contributed by atoms with E-state index in [0.717, 1.165) is 33.3 Å². The summed E-state index contributed by atoms with van der Waals surface area (Å²) in [5.74, 6) is 0.255. The normalized spacial score (nSPS) is 13.0. The summed E-state index contributed by atoms with van der Waals surface area (Å²) in [5, 5.41) is 13.4. The molecule has 6 aromatic carbocycles. The second-order valence-corrected chi connectivity index (χ2v) is 19.1. The van der Waals surface area contributed by atoms with E-state index in [1.54, 1.807) is 23.2 Å². The Morgan fingerprint density at radius 2 is 0.869 bits per heavy atom. The number of benzene rings is 6. The number of nitrogens with zero attached hydrogens (tertiary/aromatic N) is 6. The van der Waals surface area contributed by atoms with Crippen molar-refractivity contribution in [2.75, 3.05) is 0 Å². The molecule has 0 saturated carbocycles. The molecule has 0 aliphatic heterocycles. The summed E-state index contributed by atoms with van der Waals surface area (Å²) in [4.78, 5) is 13.7. The molecule has 12 heteroatoms. The minimum Gasteiger partial charge on any atom is -0.327 e. The van der Waals surface area contributed by atoms with E-state index in [1.165, 1.54) is 6.20 Å². The van der Waals surface area contributed by atoms with Gasteiger partial charge in [-0.1, -0.05) is 117 Å². The maximum Gasteiger partial charge on any atom is 2.00 e. The van der Waals surface area contributed by atoms with Crippen molar-refractivity contribution in [1.82, 2.24) is 29.7 Å². The molecular weight excluding hydrogens is 979 g/mol. The molecule has 0 N–H and O–H groups in total. The minimum absolute atomic E-state index is 0. The quantitative estimate of drug-likeness (QED) is 0.0836. The zero-order chi connectivity index (χ0) is 39.8. The minimum atomic E-state index is -3.60. The van der Waals surface area contributed by atoms with E-state index in [0.29, 0.717) is 42.9 Å². The van der Waals surface area contributed by atoms with Crippen molar-refractivity contribution in [1.29, 1.82) is 0 Å². The molecule has 0 aliphatic carbocycles. The molecular formula is C49H30N6O2P2Pd2. The Morgan fingerprint density at radius 3 is 1.30 bits per heavy atom. The van der Waals surface area contributed by atoms with E-state index in [1.807, 2.05) is 158 Å². The van der Waals surface area contributed by atoms with Gasteiger partial charge in [0.1, 0.15) is 14.3 Å². The average Bonchev–Trinajstić information content (AvgIpc) is 3.65. The Balaban J connectivity index is 0.00000257. The van der Waals surface area contributed by atoms with Gasteiger partial charge in [-0.3, -0.25) is 0 Å². The summed E-state index contributed by atoms with van der Waals surface area (Å²) < 4.78 is 33.7. The number of pyridine rings is 2. The molecule has 0 amide bonds. The Labute approximate surface area is 380 Å². The van der Waals surface area contributed by atoms with Crippen LogP contribution in [0.2, 0.25) is 0 Å². The second-order valence-electron chi connectivity index (χ2n) is 13.7. The molecule has 4 aromatic heterocycles. The third-order valence-corrected chi connectivity index (χ3v) is 16.1.